The molecular weight excluding hydrogens is 308 g/mol. The third kappa shape index (κ3) is 2.46. The van der Waals surface area contributed by atoms with Gasteiger partial charge in [0.25, 0.3) is 5.91 Å². The number of imidazole rings is 1. The maximum Gasteiger partial charge on any atom is 0.253 e. The molecule has 1 aromatic carbocycles. The first-order chi connectivity index (χ1) is 11.7. The summed E-state index contributed by atoms with van der Waals surface area (Å²) in [4.78, 5) is 18.3. The maximum atomic E-state index is 12.7. The van der Waals surface area contributed by atoms with Gasteiger partial charge in [-0.3, -0.25) is 4.79 Å². The lowest BCUT2D eigenvalue weighted by Crippen LogP contribution is -2.34. The molecule has 2 N–H and O–H groups in total. The van der Waals surface area contributed by atoms with Crippen LogP contribution in [0.1, 0.15) is 22.5 Å². The summed E-state index contributed by atoms with van der Waals surface area (Å²) in [5, 5.41) is 20.8. The number of aromatic nitrogens is 5. The van der Waals surface area contributed by atoms with Crippen LogP contribution in [-0.4, -0.2) is 54.0 Å². The number of hydrogen-bond donors (Lipinski definition) is 2. The van der Waals surface area contributed by atoms with E-state index >= 15 is 0 Å². The Kier molecular flexibility index (Phi) is 3.39. The molecule has 1 fully saturated rings. The highest BCUT2D eigenvalue weighted by atomic mass is 16.3. The Balaban J connectivity index is 1.50. The van der Waals surface area contributed by atoms with Gasteiger partial charge in [0, 0.05) is 36.6 Å². The van der Waals surface area contributed by atoms with Crippen molar-refractivity contribution in [2.45, 2.75) is 12.0 Å². The Morgan fingerprint density at radius 1 is 1.29 bits per heavy atom. The zero-order valence-corrected chi connectivity index (χ0v) is 12.8. The number of H-pyrrole nitrogens is 1. The Labute approximate surface area is 137 Å². The van der Waals surface area contributed by atoms with Crippen molar-refractivity contribution in [3.63, 3.8) is 0 Å². The number of carbonyl (C=O) groups is 1. The molecule has 1 atom stereocenters. The first kappa shape index (κ1) is 14.6. The molecule has 1 aliphatic heterocycles. The predicted octanol–water partition coefficient (Wildman–Crippen LogP) is 0.724. The largest absolute Gasteiger partial charge is 0.381 e. The van der Waals surface area contributed by atoms with Crippen LogP contribution >= 0.6 is 0 Å². The zero-order valence-electron chi connectivity index (χ0n) is 12.8. The van der Waals surface area contributed by atoms with Crippen LogP contribution in [0.25, 0.3) is 5.69 Å². The standard InChI is InChI=1S/C16H16N6O2/c23-15(12-1-3-13(4-2-12)22-8-6-17-11-22)21-7-5-16(24,10-21)14-9-18-20-19-14/h1-4,6,8-9,11,24H,5,7,10H2,(H,18,19,20). The van der Waals surface area contributed by atoms with Crippen LogP contribution in [0, 0.1) is 0 Å². The number of benzene rings is 1. The number of nitrogens with zero attached hydrogens (tertiary/aromatic N) is 5. The second-order valence-electron chi connectivity index (χ2n) is 5.88. The summed E-state index contributed by atoms with van der Waals surface area (Å²) in [6.07, 6.45) is 7.19. The fourth-order valence-electron chi connectivity index (χ4n) is 2.97. The van der Waals surface area contributed by atoms with Crippen molar-refractivity contribution in [3.05, 3.63) is 60.4 Å². The summed E-state index contributed by atoms with van der Waals surface area (Å²) >= 11 is 0. The SMILES string of the molecule is O=C(c1ccc(-n2ccnc2)cc1)N1CCC(O)(c2cn[nH]n2)C1. The van der Waals surface area contributed by atoms with Gasteiger partial charge >= 0.3 is 0 Å². The predicted molar refractivity (Wildman–Crippen MR) is 84.4 cm³/mol. The molecule has 2 aromatic heterocycles. The number of amides is 1. The number of carbonyl (C=O) groups excluding carboxylic acids is 1. The lowest BCUT2D eigenvalue weighted by atomic mass is 10.00. The highest BCUT2D eigenvalue weighted by Crippen LogP contribution is 2.31. The molecule has 0 saturated carbocycles. The van der Waals surface area contributed by atoms with E-state index in [-0.39, 0.29) is 12.5 Å². The molecule has 1 unspecified atom stereocenters. The highest BCUT2D eigenvalue weighted by molar-refractivity contribution is 5.94. The van der Waals surface area contributed by atoms with Crippen molar-refractivity contribution < 1.29 is 9.90 Å². The van der Waals surface area contributed by atoms with Crippen LogP contribution in [0.15, 0.2) is 49.2 Å². The Morgan fingerprint density at radius 3 is 2.79 bits per heavy atom. The molecule has 0 bridgehead atoms. The second kappa shape index (κ2) is 5.57. The van der Waals surface area contributed by atoms with Gasteiger partial charge < -0.3 is 14.6 Å². The molecule has 1 amide bonds. The summed E-state index contributed by atoms with van der Waals surface area (Å²) in [5.74, 6) is -0.105. The summed E-state index contributed by atoms with van der Waals surface area (Å²) in [6, 6.07) is 7.31. The van der Waals surface area contributed by atoms with Gasteiger partial charge in [0.15, 0.2) is 0 Å². The number of likely N-dealkylation sites (tertiary alicyclic amines) is 1. The third-order valence-corrected chi connectivity index (χ3v) is 4.34. The minimum atomic E-state index is -1.14. The number of nitrogens with one attached hydrogen (secondary N) is 1. The van der Waals surface area contributed by atoms with Gasteiger partial charge in [0.1, 0.15) is 11.3 Å². The molecule has 1 saturated heterocycles. The van der Waals surface area contributed by atoms with Crippen molar-refractivity contribution in [1.29, 1.82) is 0 Å². The van der Waals surface area contributed by atoms with Gasteiger partial charge in [-0.25, -0.2) is 4.98 Å². The minimum Gasteiger partial charge on any atom is -0.381 e. The Bertz CT molecular complexity index is 828. The lowest BCUT2D eigenvalue weighted by molar-refractivity contribution is 0.0382. The fraction of sp³-hybridized carbons (Fsp3) is 0.250. The van der Waals surface area contributed by atoms with E-state index in [0.29, 0.717) is 24.2 Å². The molecule has 24 heavy (non-hydrogen) atoms. The van der Waals surface area contributed by atoms with E-state index in [1.165, 1.54) is 6.20 Å². The molecule has 4 rings (SSSR count). The summed E-state index contributed by atoms with van der Waals surface area (Å²) in [5.41, 5.74) is 0.848. The van der Waals surface area contributed by atoms with Crippen molar-refractivity contribution in [2.75, 3.05) is 13.1 Å². The van der Waals surface area contributed by atoms with Crippen molar-refractivity contribution >= 4 is 5.91 Å². The van der Waals surface area contributed by atoms with E-state index in [9.17, 15) is 9.90 Å². The smallest absolute Gasteiger partial charge is 0.253 e. The van der Waals surface area contributed by atoms with E-state index in [1.54, 1.807) is 29.6 Å². The number of aromatic amines is 1. The first-order valence-electron chi connectivity index (χ1n) is 7.62. The van der Waals surface area contributed by atoms with Gasteiger partial charge in [-0.2, -0.15) is 15.4 Å². The Morgan fingerprint density at radius 2 is 2.12 bits per heavy atom. The summed E-state index contributed by atoms with van der Waals surface area (Å²) in [6.45, 7) is 0.688. The zero-order chi connectivity index (χ0) is 16.6. The van der Waals surface area contributed by atoms with Crippen LogP contribution in [0.3, 0.4) is 0 Å². The number of aliphatic hydroxyl groups is 1. The van der Waals surface area contributed by atoms with Crippen molar-refractivity contribution in [2.24, 2.45) is 0 Å². The van der Waals surface area contributed by atoms with Crippen LogP contribution in [0.5, 0.6) is 0 Å². The summed E-state index contributed by atoms with van der Waals surface area (Å²) in [7, 11) is 0. The molecule has 8 nitrogen and oxygen atoms in total. The van der Waals surface area contributed by atoms with Crippen molar-refractivity contribution in [3.8, 4) is 5.69 Å². The number of rotatable bonds is 3. The van der Waals surface area contributed by atoms with Crippen LogP contribution in [0.2, 0.25) is 0 Å². The Hall–Kier alpha value is -3.00. The van der Waals surface area contributed by atoms with E-state index in [2.05, 4.69) is 20.4 Å². The maximum absolute atomic E-state index is 12.7. The summed E-state index contributed by atoms with van der Waals surface area (Å²) < 4.78 is 1.87. The molecule has 0 spiro atoms. The molecule has 3 heterocycles. The first-order valence-corrected chi connectivity index (χ1v) is 7.62. The molecular formula is C16H16N6O2. The molecule has 1 aliphatic rings. The molecule has 8 heteroatoms. The van der Waals surface area contributed by atoms with E-state index in [0.717, 1.165) is 5.69 Å². The lowest BCUT2D eigenvalue weighted by Gasteiger charge is -2.21. The normalized spacial score (nSPS) is 20.5. The number of β-amino-alcohol motifs (C(OH)–C–C–N with tert-alkyl or cyclic N) is 1. The average molecular weight is 324 g/mol. The van der Waals surface area contributed by atoms with Gasteiger partial charge in [0.05, 0.1) is 19.1 Å². The van der Waals surface area contributed by atoms with E-state index in [4.69, 9.17) is 0 Å². The van der Waals surface area contributed by atoms with E-state index in [1.807, 2.05) is 22.9 Å². The topological polar surface area (TPSA) is 99.9 Å². The molecule has 3 aromatic rings. The molecule has 0 radical (unpaired) electrons. The third-order valence-electron chi connectivity index (χ3n) is 4.34. The van der Waals surface area contributed by atoms with Gasteiger partial charge in [-0.1, -0.05) is 0 Å². The van der Waals surface area contributed by atoms with E-state index < -0.39 is 5.60 Å². The monoisotopic (exact) mass is 324 g/mol. The highest BCUT2D eigenvalue weighted by Gasteiger charge is 2.41. The van der Waals surface area contributed by atoms with Crippen LogP contribution in [0.4, 0.5) is 0 Å². The van der Waals surface area contributed by atoms with Gasteiger partial charge in [0.2, 0.25) is 0 Å². The second-order valence-corrected chi connectivity index (χ2v) is 5.88. The quantitative estimate of drug-likeness (QED) is 0.739. The molecule has 122 valence electrons. The van der Waals surface area contributed by atoms with Crippen molar-refractivity contribution in [1.82, 2.24) is 29.9 Å². The molecule has 0 aliphatic carbocycles. The number of hydrogen-bond acceptors (Lipinski definition) is 5. The van der Waals surface area contributed by atoms with Crippen LogP contribution in [-0.2, 0) is 5.60 Å². The van der Waals surface area contributed by atoms with Crippen LogP contribution < -0.4 is 0 Å². The fourth-order valence-corrected chi connectivity index (χ4v) is 2.97. The average Bonchev–Trinajstić information content (AvgIpc) is 3.35. The van der Waals surface area contributed by atoms with Gasteiger partial charge in [-0.15, -0.1) is 0 Å². The van der Waals surface area contributed by atoms with Gasteiger partial charge in [-0.05, 0) is 24.3 Å². The minimum absolute atomic E-state index is 0.105.